The summed E-state index contributed by atoms with van der Waals surface area (Å²) in [5.74, 6) is 1.27. The lowest BCUT2D eigenvalue weighted by Gasteiger charge is -2.09. The Bertz CT molecular complexity index is 594. The summed E-state index contributed by atoms with van der Waals surface area (Å²) in [7, 11) is 4.61. The Morgan fingerprint density at radius 2 is 2.11 bits per heavy atom. The van der Waals surface area contributed by atoms with E-state index in [1.807, 2.05) is 0 Å². The van der Waals surface area contributed by atoms with Crippen LogP contribution in [0.4, 0.5) is 0 Å². The van der Waals surface area contributed by atoms with Crippen molar-refractivity contribution in [3.8, 4) is 22.9 Å². The van der Waals surface area contributed by atoms with Gasteiger partial charge >= 0.3 is 0 Å². The average Bonchev–Trinajstić information content (AvgIpc) is 2.95. The highest BCUT2D eigenvalue weighted by atomic mass is 16.5. The third kappa shape index (κ3) is 2.35. The number of carbonyl (C=O) groups is 1. The summed E-state index contributed by atoms with van der Waals surface area (Å²) < 4.78 is 10.5. The SMILES string of the molecule is CNC(=O)c1nc(-c2cccc(OC)c2OC)n[nH]1. The van der Waals surface area contributed by atoms with Crippen LogP contribution in [-0.2, 0) is 0 Å². The molecule has 0 fully saturated rings. The number of H-pyrrole nitrogens is 1. The van der Waals surface area contributed by atoms with Gasteiger partial charge in [-0.1, -0.05) is 6.07 Å². The van der Waals surface area contributed by atoms with Gasteiger partial charge < -0.3 is 14.8 Å². The average molecular weight is 262 g/mol. The molecule has 19 heavy (non-hydrogen) atoms. The molecular weight excluding hydrogens is 248 g/mol. The van der Waals surface area contributed by atoms with Crippen LogP contribution in [0.15, 0.2) is 18.2 Å². The van der Waals surface area contributed by atoms with Crippen LogP contribution >= 0.6 is 0 Å². The smallest absolute Gasteiger partial charge is 0.288 e. The molecule has 1 heterocycles. The van der Waals surface area contributed by atoms with E-state index in [2.05, 4.69) is 20.5 Å². The first-order valence-corrected chi connectivity index (χ1v) is 5.57. The molecule has 0 aliphatic carbocycles. The number of aromatic amines is 1. The third-order valence-corrected chi connectivity index (χ3v) is 2.57. The molecule has 100 valence electrons. The van der Waals surface area contributed by atoms with Gasteiger partial charge in [-0.25, -0.2) is 4.98 Å². The summed E-state index contributed by atoms with van der Waals surface area (Å²) in [5.41, 5.74) is 0.647. The normalized spacial score (nSPS) is 10.1. The first kappa shape index (κ1) is 12.9. The summed E-state index contributed by atoms with van der Waals surface area (Å²) in [5, 5.41) is 9.05. The lowest BCUT2D eigenvalue weighted by molar-refractivity contribution is 0.0953. The van der Waals surface area contributed by atoms with E-state index < -0.39 is 0 Å². The number of amides is 1. The molecule has 0 atom stereocenters. The van der Waals surface area contributed by atoms with Crippen molar-refractivity contribution >= 4 is 5.91 Å². The number of ether oxygens (including phenoxy) is 2. The minimum absolute atomic E-state index is 0.141. The van der Waals surface area contributed by atoms with Crippen molar-refractivity contribution in [1.29, 1.82) is 0 Å². The summed E-state index contributed by atoms with van der Waals surface area (Å²) in [6.07, 6.45) is 0. The van der Waals surface area contributed by atoms with Gasteiger partial charge in [0, 0.05) is 7.05 Å². The van der Waals surface area contributed by atoms with E-state index in [1.54, 1.807) is 25.3 Å². The molecule has 2 aromatic rings. The van der Waals surface area contributed by atoms with E-state index >= 15 is 0 Å². The summed E-state index contributed by atoms with van der Waals surface area (Å²) in [6.45, 7) is 0. The van der Waals surface area contributed by atoms with Crippen LogP contribution in [0.25, 0.3) is 11.4 Å². The van der Waals surface area contributed by atoms with Crippen LogP contribution in [0.3, 0.4) is 0 Å². The van der Waals surface area contributed by atoms with Crippen molar-refractivity contribution in [2.75, 3.05) is 21.3 Å². The Kier molecular flexibility index (Phi) is 3.65. The molecule has 0 spiro atoms. The zero-order chi connectivity index (χ0) is 13.8. The van der Waals surface area contributed by atoms with Crippen molar-refractivity contribution in [1.82, 2.24) is 20.5 Å². The van der Waals surface area contributed by atoms with Crippen LogP contribution in [-0.4, -0.2) is 42.4 Å². The third-order valence-electron chi connectivity index (χ3n) is 2.57. The number of methoxy groups -OCH3 is 2. The zero-order valence-electron chi connectivity index (χ0n) is 10.9. The van der Waals surface area contributed by atoms with Gasteiger partial charge in [-0.05, 0) is 12.1 Å². The number of nitrogens with zero attached hydrogens (tertiary/aromatic N) is 2. The molecule has 2 N–H and O–H groups in total. The molecule has 0 aliphatic rings. The van der Waals surface area contributed by atoms with E-state index in [9.17, 15) is 4.79 Å². The van der Waals surface area contributed by atoms with Gasteiger partial charge in [0.1, 0.15) is 0 Å². The van der Waals surface area contributed by atoms with Crippen molar-refractivity contribution in [3.63, 3.8) is 0 Å². The number of hydrogen-bond acceptors (Lipinski definition) is 5. The minimum atomic E-state index is -0.333. The zero-order valence-corrected chi connectivity index (χ0v) is 10.9. The second-order valence-electron chi connectivity index (χ2n) is 3.63. The van der Waals surface area contributed by atoms with E-state index in [1.165, 1.54) is 14.2 Å². The number of benzene rings is 1. The van der Waals surface area contributed by atoms with Crippen LogP contribution in [0.2, 0.25) is 0 Å². The summed E-state index contributed by atoms with van der Waals surface area (Å²) in [6, 6.07) is 5.36. The van der Waals surface area contributed by atoms with Gasteiger partial charge in [0.25, 0.3) is 5.91 Å². The molecule has 0 aliphatic heterocycles. The van der Waals surface area contributed by atoms with Gasteiger partial charge in [-0.15, -0.1) is 0 Å². The molecule has 0 saturated carbocycles. The van der Waals surface area contributed by atoms with Crippen molar-refractivity contribution in [2.45, 2.75) is 0 Å². The monoisotopic (exact) mass is 262 g/mol. The highest BCUT2D eigenvalue weighted by Gasteiger charge is 2.17. The van der Waals surface area contributed by atoms with Crippen molar-refractivity contribution < 1.29 is 14.3 Å². The second-order valence-corrected chi connectivity index (χ2v) is 3.63. The predicted octanol–water partition coefficient (Wildman–Crippen LogP) is 0.848. The molecule has 1 aromatic carbocycles. The fourth-order valence-corrected chi connectivity index (χ4v) is 1.67. The minimum Gasteiger partial charge on any atom is -0.493 e. The van der Waals surface area contributed by atoms with Gasteiger partial charge in [0.05, 0.1) is 19.8 Å². The summed E-state index contributed by atoms with van der Waals surface area (Å²) in [4.78, 5) is 15.6. The second kappa shape index (κ2) is 5.38. The highest BCUT2D eigenvalue weighted by Crippen LogP contribution is 2.36. The van der Waals surface area contributed by atoms with Crippen LogP contribution in [0.5, 0.6) is 11.5 Å². The van der Waals surface area contributed by atoms with Gasteiger partial charge in [0.15, 0.2) is 17.3 Å². The van der Waals surface area contributed by atoms with Gasteiger partial charge in [0.2, 0.25) is 5.82 Å². The highest BCUT2D eigenvalue weighted by molar-refractivity contribution is 5.90. The van der Waals surface area contributed by atoms with E-state index in [0.29, 0.717) is 22.9 Å². The molecule has 0 unspecified atom stereocenters. The fourth-order valence-electron chi connectivity index (χ4n) is 1.67. The molecule has 7 nitrogen and oxygen atoms in total. The Hall–Kier alpha value is -2.57. The van der Waals surface area contributed by atoms with Crippen LogP contribution in [0, 0.1) is 0 Å². The molecule has 0 saturated heterocycles. The quantitative estimate of drug-likeness (QED) is 0.852. The first-order valence-electron chi connectivity index (χ1n) is 5.57. The van der Waals surface area contributed by atoms with Gasteiger partial charge in [-0.2, -0.15) is 5.10 Å². The topological polar surface area (TPSA) is 89.1 Å². The number of nitrogens with one attached hydrogen (secondary N) is 2. The number of hydrogen-bond donors (Lipinski definition) is 2. The lowest BCUT2D eigenvalue weighted by Crippen LogP contribution is -2.19. The number of para-hydroxylation sites is 1. The maximum Gasteiger partial charge on any atom is 0.288 e. The molecule has 2 rings (SSSR count). The fraction of sp³-hybridized carbons (Fsp3) is 0.250. The van der Waals surface area contributed by atoms with Crippen LogP contribution in [0.1, 0.15) is 10.6 Å². The van der Waals surface area contributed by atoms with E-state index in [4.69, 9.17) is 9.47 Å². The summed E-state index contributed by atoms with van der Waals surface area (Å²) >= 11 is 0. The van der Waals surface area contributed by atoms with Gasteiger partial charge in [-0.3, -0.25) is 9.89 Å². The first-order chi connectivity index (χ1) is 9.21. The van der Waals surface area contributed by atoms with E-state index in [0.717, 1.165) is 0 Å². The Morgan fingerprint density at radius 3 is 2.74 bits per heavy atom. The van der Waals surface area contributed by atoms with Crippen LogP contribution < -0.4 is 14.8 Å². The number of rotatable bonds is 4. The van der Waals surface area contributed by atoms with Crippen molar-refractivity contribution in [2.24, 2.45) is 0 Å². The Morgan fingerprint density at radius 1 is 1.32 bits per heavy atom. The maximum absolute atomic E-state index is 11.4. The van der Waals surface area contributed by atoms with E-state index in [-0.39, 0.29) is 11.7 Å². The van der Waals surface area contributed by atoms with Crippen molar-refractivity contribution in [3.05, 3.63) is 24.0 Å². The molecule has 1 amide bonds. The number of carbonyl (C=O) groups excluding carboxylic acids is 1. The molecule has 0 radical (unpaired) electrons. The molecular formula is C12H14N4O3. The number of aromatic nitrogens is 3. The maximum atomic E-state index is 11.4. The standard InChI is InChI=1S/C12H14N4O3/c1-13-12(17)11-14-10(15-16-11)7-5-4-6-8(18-2)9(7)19-3/h4-6H,1-3H3,(H,13,17)(H,14,15,16). The molecule has 7 heteroatoms. The largest absolute Gasteiger partial charge is 0.493 e. The molecule has 0 bridgehead atoms. The predicted molar refractivity (Wildman–Crippen MR) is 68.3 cm³/mol. The lowest BCUT2D eigenvalue weighted by atomic mass is 10.1. The Labute approximate surface area is 110 Å². The molecule has 1 aromatic heterocycles. The Balaban J connectivity index is 2.47.